The van der Waals surface area contributed by atoms with E-state index >= 15 is 0 Å². The number of rotatable bonds is 2. The first-order valence-electron chi connectivity index (χ1n) is 4.29. The molecule has 2 heterocycles. The Bertz CT molecular complexity index is 422. The lowest BCUT2D eigenvalue weighted by molar-refractivity contribution is 0.870. The van der Waals surface area contributed by atoms with E-state index in [9.17, 15) is 0 Å². The van der Waals surface area contributed by atoms with Crippen molar-refractivity contribution in [2.75, 3.05) is 0 Å². The lowest BCUT2D eigenvalue weighted by atomic mass is 10.2. The Morgan fingerprint density at radius 3 is 3.15 bits per heavy atom. The number of fused-ring (bicyclic) bond motifs is 1. The summed E-state index contributed by atoms with van der Waals surface area (Å²) in [5.74, 6) is 0. The fourth-order valence-corrected chi connectivity index (χ4v) is 1.49. The second-order valence-electron chi connectivity index (χ2n) is 2.98. The van der Waals surface area contributed by atoms with Crippen molar-refractivity contribution in [2.45, 2.75) is 19.8 Å². The van der Waals surface area contributed by atoms with Crippen LogP contribution >= 0.6 is 11.6 Å². The van der Waals surface area contributed by atoms with Crippen LogP contribution in [0.2, 0.25) is 5.15 Å². The topological polar surface area (TPSA) is 30.2 Å². The molecule has 0 aliphatic carbocycles. The molecule has 0 N–H and O–H groups in total. The van der Waals surface area contributed by atoms with Gasteiger partial charge in [0.1, 0.15) is 5.15 Å². The van der Waals surface area contributed by atoms with Crippen molar-refractivity contribution in [1.82, 2.24) is 14.6 Å². The van der Waals surface area contributed by atoms with Crippen LogP contribution in [-0.4, -0.2) is 14.6 Å². The summed E-state index contributed by atoms with van der Waals surface area (Å²) in [6.07, 6.45) is 5.71. The highest BCUT2D eigenvalue weighted by Crippen LogP contribution is 2.10. The van der Waals surface area contributed by atoms with Crippen LogP contribution in [0.3, 0.4) is 0 Å². The number of hydrogen-bond acceptors (Lipinski definition) is 2. The average Bonchev–Trinajstić information content (AvgIpc) is 2.44. The van der Waals surface area contributed by atoms with E-state index in [1.165, 1.54) is 5.56 Å². The van der Waals surface area contributed by atoms with E-state index in [1.54, 1.807) is 10.7 Å². The Labute approximate surface area is 81.4 Å². The maximum atomic E-state index is 5.74. The van der Waals surface area contributed by atoms with Gasteiger partial charge in [-0.2, -0.15) is 5.10 Å². The van der Waals surface area contributed by atoms with Crippen LogP contribution in [0, 0.1) is 0 Å². The zero-order valence-electron chi connectivity index (χ0n) is 7.37. The maximum Gasteiger partial charge on any atom is 0.155 e. The second kappa shape index (κ2) is 3.34. The number of imidazole rings is 1. The molecule has 0 aliphatic heterocycles. The van der Waals surface area contributed by atoms with Gasteiger partial charge in [0, 0.05) is 0 Å². The number of halogens is 1. The van der Waals surface area contributed by atoms with Gasteiger partial charge in [-0.25, -0.2) is 9.50 Å². The van der Waals surface area contributed by atoms with Gasteiger partial charge in [-0.1, -0.05) is 24.9 Å². The summed E-state index contributed by atoms with van der Waals surface area (Å²) in [5, 5.41) is 4.68. The van der Waals surface area contributed by atoms with Crippen LogP contribution in [-0.2, 0) is 6.42 Å². The third kappa shape index (κ3) is 1.65. The van der Waals surface area contributed by atoms with Crippen LogP contribution in [0.15, 0.2) is 18.5 Å². The maximum absolute atomic E-state index is 5.74. The van der Waals surface area contributed by atoms with Gasteiger partial charge in [0.05, 0.1) is 12.4 Å². The highest BCUT2D eigenvalue weighted by Gasteiger charge is 2.00. The van der Waals surface area contributed by atoms with Crippen molar-refractivity contribution in [1.29, 1.82) is 0 Å². The third-order valence-corrected chi connectivity index (χ3v) is 2.07. The molecule has 0 saturated carbocycles. The number of aryl methyl sites for hydroxylation is 1. The van der Waals surface area contributed by atoms with E-state index in [2.05, 4.69) is 17.0 Å². The Hall–Kier alpha value is -1.09. The molecule has 2 aromatic rings. The molecule has 0 radical (unpaired) electrons. The molecule has 0 unspecified atom stereocenters. The molecular weight excluding hydrogens is 186 g/mol. The molecule has 3 nitrogen and oxygen atoms in total. The molecule has 0 amide bonds. The summed E-state index contributed by atoms with van der Waals surface area (Å²) in [7, 11) is 0. The highest BCUT2D eigenvalue weighted by atomic mass is 35.5. The molecule has 0 bridgehead atoms. The fourth-order valence-electron chi connectivity index (χ4n) is 1.31. The molecular formula is C9H10ClN3. The van der Waals surface area contributed by atoms with Gasteiger partial charge in [-0.3, -0.25) is 0 Å². The van der Waals surface area contributed by atoms with Gasteiger partial charge in [-0.05, 0) is 18.1 Å². The zero-order chi connectivity index (χ0) is 9.26. The average molecular weight is 196 g/mol. The Morgan fingerprint density at radius 2 is 2.38 bits per heavy atom. The van der Waals surface area contributed by atoms with Gasteiger partial charge < -0.3 is 0 Å². The van der Waals surface area contributed by atoms with Gasteiger partial charge in [0.15, 0.2) is 5.65 Å². The van der Waals surface area contributed by atoms with Crippen LogP contribution in [0.25, 0.3) is 5.65 Å². The van der Waals surface area contributed by atoms with Crippen molar-refractivity contribution >= 4 is 17.2 Å². The first-order chi connectivity index (χ1) is 6.29. The van der Waals surface area contributed by atoms with Gasteiger partial charge in [0.2, 0.25) is 0 Å². The molecule has 13 heavy (non-hydrogen) atoms. The summed E-state index contributed by atoms with van der Waals surface area (Å²) < 4.78 is 1.68. The SMILES string of the molecule is CCCc1cnn2cc(Cl)nc2c1. The van der Waals surface area contributed by atoms with Crippen molar-refractivity contribution in [2.24, 2.45) is 0 Å². The monoisotopic (exact) mass is 195 g/mol. The summed E-state index contributed by atoms with van der Waals surface area (Å²) in [6.45, 7) is 2.14. The number of nitrogens with zero attached hydrogens (tertiary/aromatic N) is 3. The van der Waals surface area contributed by atoms with Crippen LogP contribution in [0.5, 0.6) is 0 Å². The summed E-state index contributed by atoms with van der Waals surface area (Å²) in [6, 6.07) is 2.02. The molecule has 4 heteroatoms. The predicted octanol–water partition coefficient (Wildman–Crippen LogP) is 2.34. The van der Waals surface area contributed by atoms with Crippen molar-refractivity contribution in [3.8, 4) is 0 Å². The van der Waals surface area contributed by atoms with E-state index in [1.807, 2.05) is 12.3 Å². The molecule has 0 aliphatic rings. The predicted molar refractivity (Wildman–Crippen MR) is 52.0 cm³/mol. The van der Waals surface area contributed by atoms with E-state index in [-0.39, 0.29) is 0 Å². The van der Waals surface area contributed by atoms with E-state index in [0.717, 1.165) is 18.5 Å². The lowest BCUT2D eigenvalue weighted by Gasteiger charge is -1.97. The quantitative estimate of drug-likeness (QED) is 0.737. The molecule has 0 aromatic carbocycles. The first-order valence-corrected chi connectivity index (χ1v) is 4.67. The zero-order valence-corrected chi connectivity index (χ0v) is 8.12. The Balaban J connectivity index is 2.48. The van der Waals surface area contributed by atoms with E-state index in [0.29, 0.717) is 5.15 Å². The minimum Gasteiger partial charge on any atom is -0.220 e. The highest BCUT2D eigenvalue weighted by molar-refractivity contribution is 6.29. The Morgan fingerprint density at radius 1 is 1.54 bits per heavy atom. The van der Waals surface area contributed by atoms with Crippen LogP contribution < -0.4 is 0 Å². The number of hydrogen-bond donors (Lipinski definition) is 0. The fraction of sp³-hybridized carbons (Fsp3) is 0.333. The summed E-state index contributed by atoms with van der Waals surface area (Å²) in [4.78, 5) is 4.12. The molecule has 0 atom stereocenters. The summed E-state index contributed by atoms with van der Waals surface area (Å²) in [5.41, 5.74) is 2.02. The van der Waals surface area contributed by atoms with Gasteiger partial charge in [0.25, 0.3) is 0 Å². The normalized spacial score (nSPS) is 10.9. The molecule has 68 valence electrons. The third-order valence-electron chi connectivity index (χ3n) is 1.89. The molecule has 2 rings (SSSR count). The van der Waals surface area contributed by atoms with Crippen LogP contribution in [0.1, 0.15) is 18.9 Å². The number of aromatic nitrogens is 3. The first kappa shape index (κ1) is 8.51. The van der Waals surface area contributed by atoms with Crippen molar-refractivity contribution < 1.29 is 0 Å². The summed E-state index contributed by atoms with van der Waals surface area (Å²) >= 11 is 5.74. The Kier molecular flexibility index (Phi) is 2.19. The minimum absolute atomic E-state index is 0.487. The lowest BCUT2D eigenvalue weighted by Crippen LogP contribution is -1.92. The van der Waals surface area contributed by atoms with E-state index in [4.69, 9.17) is 11.6 Å². The van der Waals surface area contributed by atoms with Crippen LogP contribution in [0.4, 0.5) is 0 Å². The van der Waals surface area contributed by atoms with Gasteiger partial charge in [-0.15, -0.1) is 0 Å². The minimum atomic E-state index is 0.487. The molecule has 0 fully saturated rings. The smallest absolute Gasteiger partial charge is 0.155 e. The second-order valence-corrected chi connectivity index (χ2v) is 3.37. The van der Waals surface area contributed by atoms with Crippen molar-refractivity contribution in [3.05, 3.63) is 29.2 Å². The standard InChI is InChI=1S/C9H10ClN3/c1-2-3-7-4-9-12-8(10)6-13(9)11-5-7/h4-6H,2-3H2,1H3. The van der Waals surface area contributed by atoms with Crippen molar-refractivity contribution in [3.63, 3.8) is 0 Å². The molecule has 0 spiro atoms. The van der Waals surface area contributed by atoms with E-state index < -0.39 is 0 Å². The molecule has 0 saturated heterocycles. The molecule has 2 aromatic heterocycles. The largest absolute Gasteiger partial charge is 0.220 e. The van der Waals surface area contributed by atoms with Gasteiger partial charge >= 0.3 is 0 Å².